The zero-order valence-corrected chi connectivity index (χ0v) is 10.3. The van der Waals surface area contributed by atoms with Gasteiger partial charge in [0.25, 0.3) is 0 Å². The Hall–Kier alpha value is -1.41. The van der Waals surface area contributed by atoms with Crippen LogP contribution in [0.15, 0.2) is 52.3 Å². The van der Waals surface area contributed by atoms with E-state index in [0.717, 1.165) is 11.3 Å². The maximum absolute atomic E-state index is 5.89. The number of nitrogen functional groups attached to an aromatic ring is 1. The molecule has 0 unspecified atom stereocenters. The lowest BCUT2D eigenvalue weighted by atomic mass is 10.2. The molecular weight excluding hydrogens is 214 g/mol. The molecular formula is C14H15NS. The standard InChI is InChI=1S/C14H15NS/c1-10-6-8-12(9-7-10)16-14-5-3-4-13(15)11(14)2/h3-9H,15H2,1-2H3. The zero-order valence-electron chi connectivity index (χ0n) is 9.53. The molecule has 2 heteroatoms. The van der Waals surface area contributed by atoms with Crippen LogP contribution in [0.5, 0.6) is 0 Å². The van der Waals surface area contributed by atoms with Crippen molar-refractivity contribution in [2.45, 2.75) is 23.6 Å². The molecule has 0 aliphatic carbocycles. The lowest BCUT2D eigenvalue weighted by molar-refractivity contribution is 1.29. The van der Waals surface area contributed by atoms with Crippen LogP contribution in [0.4, 0.5) is 5.69 Å². The van der Waals surface area contributed by atoms with Gasteiger partial charge in [-0.25, -0.2) is 0 Å². The van der Waals surface area contributed by atoms with Crippen molar-refractivity contribution >= 4 is 17.4 Å². The summed E-state index contributed by atoms with van der Waals surface area (Å²) in [5, 5.41) is 0. The molecule has 0 saturated carbocycles. The number of rotatable bonds is 2. The molecule has 0 atom stereocenters. The van der Waals surface area contributed by atoms with Gasteiger partial charge < -0.3 is 5.73 Å². The van der Waals surface area contributed by atoms with Crippen molar-refractivity contribution < 1.29 is 0 Å². The summed E-state index contributed by atoms with van der Waals surface area (Å²) in [5.74, 6) is 0. The first kappa shape index (κ1) is 11.1. The Kier molecular flexibility index (Phi) is 3.20. The number of nitrogens with two attached hydrogens (primary N) is 1. The fourth-order valence-electron chi connectivity index (χ4n) is 1.48. The van der Waals surface area contributed by atoms with Gasteiger partial charge in [-0.2, -0.15) is 0 Å². The second kappa shape index (κ2) is 4.62. The first-order valence-corrected chi connectivity index (χ1v) is 6.08. The van der Waals surface area contributed by atoms with E-state index in [-0.39, 0.29) is 0 Å². The molecule has 0 radical (unpaired) electrons. The first-order valence-electron chi connectivity index (χ1n) is 5.26. The van der Waals surface area contributed by atoms with Crippen LogP contribution in [0.1, 0.15) is 11.1 Å². The van der Waals surface area contributed by atoms with Gasteiger partial charge in [0.1, 0.15) is 0 Å². The molecule has 0 aliphatic heterocycles. The molecule has 0 heterocycles. The minimum absolute atomic E-state index is 0.858. The molecule has 0 bridgehead atoms. The summed E-state index contributed by atoms with van der Waals surface area (Å²) in [6.07, 6.45) is 0. The number of hydrogen-bond acceptors (Lipinski definition) is 2. The quantitative estimate of drug-likeness (QED) is 0.787. The highest BCUT2D eigenvalue weighted by Gasteiger charge is 2.02. The van der Waals surface area contributed by atoms with Crippen LogP contribution in [0.25, 0.3) is 0 Å². The summed E-state index contributed by atoms with van der Waals surface area (Å²) in [5.41, 5.74) is 9.19. The molecule has 0 aliphatic rings. The van der Waals surface area contributed by atoms with E-state index in [0.29, 0.717) is 0 Å². The second-order valence-electron chi connectivity index (χ2n) is 3.89. The highest BCUT2D eigenvalue weighted by atomic mass is 32.2. The van der Waals surface area contributed by atoms with E-state index in [9.17, 15) is 0 Å². The third kappa shape index (κ3) is 2.39. The van der Waals surface area contributed by atoms with Crippen LogP contribution in [-0.4, -0.2) is 0 Å². The normalized spacial score (nSPS) is 10.4. The monoisotopic (exact) mass is 229 g/mol. The van der Waals surface area contributed by atoms with E-state index in [1.165, 1.54) is 15.4 Å². The second-order valence-corrected chi connectivity index (χ2v) is 5.00. The number of hydrogen-bond donors (Lipinski definition) is 1. The number of aryl methyl sites for hydroxylation is 1. The summed E-state index contributed by atoms with van der Waals surface area (Å²) in [6.45, 7) is 4.16. The van der Waals surface area contributed by atoms with Crippen LogP contribution in [0.2, 0.25) is 0 Å². The van der Waals surface area contributed by atoms with Crippen LogP contribution in [0.3, 0.4) is 0 Å². The molecule has 0 saturated heterocycles. The van der Waals surface area contributed by atoms with Gasteiger partial charge in [0.15, 0.2) is 0 Å². The predicted octanol–water partition coefficient (Wildman–Crippen LogP) is 4.04. The summed E-state index contributed by atoms with van der Waals surface area (Å²) in [7, 11) is 0. The average molecular weight is 229 g/mol. The van der Waals surface area contributed by atoms with Gasteiger partial charge in [0.2, 0.25) is 0 Å². The van der Waals surface area contributed by atoms with Gasteiger partial charge in [-0.3, -0.25) is 0 Å². The van der Waals surface area contributed by atoms with Crippen molar-refractivity contribution in [3.8, 4) is 0 Å². The van der Waals surface area contributed by atoms with Gasteiger partial charge in [-0.05, 0) is 43.7 Å². The molecule has 82 valence electrons. The van der Waals surface area contributed by atoms with Crippen molar-refractivity contribution in [1.82, 2.24) is 0 Å². The molecule has 2 N–H and O–H groups in total. The van der Waals surface area contributed by atoms with Crippen molar-refractivity contribution in [3.05, 3.63) is 53.6 Å². The number of benzene rings is 2. The number of anilines is 1. The largest absolute Gasteiger partial charge is 0.398 e. The summed E-state index contributed by atoms with van der Waals surface area (Å²) >= 11 is 1.76. The Morgan fingerprint density at radius 1 is 0.938 bits per heavy atom. The molecule has 16 heavy (non-hydrogen) atoms. The Morgan fingerprint density at radius 2 is 1.62 bits per heavy atom. The smallest absolute Gasteiger partial charge is 0.0355 e. The van der Waals surface area contributed by atoms with E-state index in [1.54, 1.807) is 11.8 Å². The molecule has 0 amide bonds. The molecule has 2 aromatic rings. The minimum atomic E-state index is 0.858. The maximum atomic E-state index is 5.89. The van der Waals surface area contributed by atoms with E-state index >= 15 is 0 Å². The SMILES string of the molecule is Cc1ccc(Sc2cccc(N)c2C)cc1. The third-order valence-corrected chi connectivity index (χ3v) is 3.74. The van der Waals surface area contributed by atoms with Crippen molar-refractivity contribution in [3.63, 3.8) is 0 Å². The van der Waals surface area contributed by atoms with E-state index in [4.69, 9.17) is 5.73 Å². The average Bonchev–Trinajstić information content (AvgIpc) is 2.28. The highest BCUT2D eigenvalue weighted by molar-refractivity contribution is 7.99. The van der Waals surface area contributed by atoms with Gasteiger partial charge in [0, 0.05) is 15.5 Å². The molecule has 2 aromatic carbocycles. The molecule has 0 aromatic heterocycles. The summed E-state index contributed by atoms with van der Waals surface area (Å²) < 4.78 is 0. The van der Waals surface area contributed by atoms with E-state index < -0.39 is 0 Å². The third-order valence-electron chi connectivity index (χ3n) is 2.57. The highest BCUT2D eigenvalue weighted by Crippen LogP contribution is 2.32. The fraction of sp³-hybridized carbons (Fsp3) is 0.143. The molecule has 0 spiro atoms. The Labute approximate surface area is 101 Å². The lowest BCUT2D eigenvalue weighted by Crippen LogP contribution is -1.90. The lowest BCUT2D eigenvalue weighted by Gasteiger charge is -2.07. The van der Waals surface area contributed by atoms with Crippen LogP contribution in [0, 0.1) is 13.8 Å². The van der Waals surface area contributed by atoms with Gasteiger partial charge >= 0.3 is 0 Å². The van der Waals surface area contributed by atoms with Crippen LogP contribution >= 0.6 is 11.8 Å². The van der Waals surface area contributed by atoms with Crippen molar-refractivity contribution in [2.24, 2.45) is 0 Å². The van der Waals surface area contributed by atoms with E-state index in [2.05, 4.69) is 44.2 Å². The van der Waals surface area contributed by atoms with Crippen molar-refractivity contribution in [2.75, 3.05) is 5.73 Å². The molecule has 1 nitrogen and oxygen atoms in total. The van der Waals surface area contributed by atoms with Gasteiger partial charge in [0.05, 0.1) is 0 Å². The molecule has 0 fully saturated rings. The maximum Gasteiger partial charge on any atom is 0.0355 e. The summed E-state index contributed by atoms with van der Waals surface area (Å²) in [6, 6.07) is 14.6. The zero-order chi connectivity index (χ0) is 11.5. The van der Waals surface area contributed by atoms with Crippen molar-refractivity contribution in [1.29, 1.82) is 0 Å². The molecule has 2 rings (SSSR count). The van der Waals surface area contributed by atoms with Gasteiger partial charge in [-0.1, -0.05) is 35.5 Å². The van der Waals surface area contributed by atoms with Crippen LogP contribution < -0.4 is 5.73 Å². The predicted molar refractivity (Wildman–Crippen MR) is 70.9 cm³/mol. The first-order chi connectivity index (χ1) is 7.66. The minimum Gasteiger partial charge on any atom is -0.398 e. The van der Waals surface area contributed by atoms with Crippen LogP contribution in [-0.2, 0) is 0 Å². The van der Waals surface area contributed by atoms with Gasteiger partial charge in [-0.15, -0.1) is 0 Å². The Balaban J connectivity index is 2.27. The summed E-state index contributed by atoms with van der Waals surface area (Å²) in [4.78, 5) is 2.48. The van der Waals surface area contributed by atoms with E-state index in [1.807, 2.05) is 12.1 Å². The fourth-order valence-corrected chi connectivity index (χ4v) is 2.42. The Bertz CT molecular complexity index is 489. The Morgan fingerprint density at radius 3 is 2.31 bits per heavy atom. The topological polar surface area (TPSA) is 26.0 Å².